The predicted molar refractivity (Wildman–Crippen MR) is 84.4 cm³/mol. The van der Waals surface area contributed by atoms with E-state index in [2.05, 4.69) is 26.7 Å². The van der Waals surface area contributed by atoms with E-state index in [1.807, 2.05) is 0 Å². The van der Waals surface area contributed by atoms with Gasteiger partial charge in [0.15, 0.2) is 0 Å². The van der Waals surface area contributed by atoms with E-state index in [-0.39, 0.29) is 0 Å². The molecule has 0 amide bonds. The molecule has 1 saturated carbocycles. The average Bonchev–Trinajstić information content (AvgIpc) is 2.91. The average molecular weight is 290 g/mol. The molecular weight excluding hydrogens is 264 g/mol. The van der Waals surface area contributed by atoms with E-state index in [0.717, 1.165) is 50.9 Å². The van der Waals surface area contributed by atoms with Crippen molar-refractivity contribution in [3.63, 3.8) is 0 Å². The second kappa shape index (κ2) is 6.56. The normalized spacial score (nSPS) is 21.7. The van der Waals surface area contributed by atoms with Crippen LogP contribution >= 0.6 is 0 Å². The Balaban J connectivity index is 1.77. The molecule has 2 fully saturated rings. The lowest BCUT2D eigenvalue weighted by molar-refractivity contribution is 0.310. The fraction of sp³-hybridized carbons (Fsp3) is 0.800. The molecule has 6 nitrogen and oxygen atoms in total. The maximum atomic E-state index is 5.93. The largest absolute Gasteiger partial charge is 0.368 e. The second-order valence-electron chi connectivity index (χ2n) is 6.11. The summed E-state index contributed by atoms with van der Waals surface area (Å²) in [5.41, 5.74) is 5.93. The van der Waals surface area contributed by atoms with E-state index in [9.17, 15) is 0 Å². The summed E-state index contributed by atoms with van der Waals surface area (Å²) < 4.78 is 0. The number of nitrogens with zero attached hydrogens (tertiary/aromatic N) is 5. The molecule has 2 aliphatic rings. The van der Waals surface area contributed by atoms with Crippen molar-refractivity contribution in [2.24, 2.45) is 0 Å². The van der Waals surface area contributed by atoms with Gasteiger partial charge < -0.3 is 15.5 Å². The summed E-state index contributed by atoms with van der Waals surface area (Å²) >= 11 is 0. The zero-order valence-corrected chi connectivity index (χ0v) is 13.0. The van der Waals surface area contributed by atoms with Crippen LogP contribution in [0.4, 0.5) is 11.9 Å². The first-order valence-electron chi connectivity index (χ1n) is 8.25. The van der Waals surface area contributed by atoms with Gasteiger partial charge in [0.25, 0.3) is 0 Å². The fourth-order valence-electron chi connectivity index (χ4n) is 3.39. The molecule has 0 unspecified atom stereocenters. The molecule has 21 heavy (non-hydrogen) atoms. The lowest BCUT2D eigenvalue weighted by atomic mass is 10.1. The van der Waals surface area contributed by atoms with Crippen LogP contribution in [0.3, 0.4) is 0 Å². The second-order valence-corrected chi connectivity index (χ2v) is 6.11. The fourth-order valence-corrected chi connectivity index (χ4v) is 3.39. The van der Waals surface area contributed by atoms with Gasteiger partial charge in [0, 0.05) is 25.6 Å². The number of hydrogen-bond acceptors (Lipinski definition) is 6. The zero-order chi connectivity index (χ0) is 14.7. The Hall–Kier alpha value is -1.43. The SMILES string of the molecule is CCN1CCCN(c2nc(N)nc(C3CCCC3)n2)CC1. The Morgan fingerprint density at radius 1 is 1.00 bits per heavy atom. The Kier molecular flexibility index (Phi) is 4.53. The quantitative estimate of drug-likeness (QED) is 0.912. The molecule has 1 aliphatic carbocycles. The summed E-state index contributed by atoms with van der Waals surface area (Å²) in [6.45, 7) is 7.53. The summed E-state index contributed by atoms with van der Waals surface area (Å²) in [5, 5.41) is 0. The van der Waals surface area contributed by atoms with Crippen molar-refractivity contribution < 1.29 is 0 Å². The van der Waals surface area contributed by atoms with Gasteiger partial charge in [-0.3, -0.25) is 0 Å². The van der Waals surface area contributed by atoms with Gasteiger partial charge in [-0.25, -0.2) is 0 Å². The van der Waals surface area contributed by atoms with E-state index in [1.165, 1.54) is 25.7 Å². The van der Waals surface area contributed by atoms with Gasteiger partial charge in [0.1, 0.15) is 5.82 Å². The molecule has 0 aromatic carbocycles. The number of hydrogen-bond donors (Lipinski definition) is 1. The van der Waals surface area contributed by atoms with Crippen LogP contribution in [-0.4, -0.2) is 52.6 Å². The maximum absolute atomic E-state index is 5.93. The first-order valence-corrected chi connectivity index (χ1v) is 8.25. The molecular formula is C15H26N6. The van der Waals surface area contributed by atoms with E-state index < -0.39 is 0 Å². The van der Waals surface area contributed by atoms with Crippen molar-refractivity contribution >= 4 is 11.9 Å². The smallest absolute Gasteiger partial charge is 0.230 e. The lowest BCUT2D eigenvalue weighted by Gasteiger charge is -2.22. The first kappa shape index (κ1) is 14.5. The molecule has 3 rings (SSSR count). The van der Waals surface area contributed by atoms with Gasteiger partial charge in [0.05, 0.1) is 0 Å². The number of anilines is 2. The molecule has 1 aromatic rings. The molecule has 0 bridgehead atoms. The molecule has 6 heteroatoms. The minimum atomic E-state index is 0.374. The Bertz CT molecular complexity index is 471. The van der Waals surface area contributed by atoms with Crippen LogP contribution < -0.4 is 10.6 Å². The first-order chi connectivity index (χ1) is 10.3. The molecule has 2 heterocycles. The number of rotatable bonds is 3. The van der Waals surface area contributed by atoms with Crippen molar-refractivity contribution in [2.45, 2.75) is 44.9 Å². The summed E-state index contributed by atoms with van der Waals surface area (Å²) in [5.74, 6) is 2.54. The minimum Gasteiger partial charge on any atom is -0.368 e. The highest BCUT2D eigenvalue weighted by molar-refractivity contribution is 5.35. The molecule has 2 N–H and O–H groups in total. The van der Waals surface area contributed by atoms with Crippen molar-refractivity contribution in [3.05, 3.63) is 5.82 Å². The van der Waals surface area contributed by atoms with Crippen molar-refractivity contribution in [2.75, 3.05) is 43.4 Å². The highest BCUT2D eigenvalue weighted by Gasteiger charge is 2.23. The third-order valence-electron chi connectivity index (χ3n) is 4.70. The number of nitrogen functional groups attached to an aromatic ring is 1. The summed E-state index contributed by atoms with van der Waals surface area (Å²) in [7, 11) is 0. The topological polar surface area (TPSA) is 71.2 Å². The number of likely N-dealkylation sites (N-methyl/N-ethyl adjacent to an activating group) is 1. The molecule has 116 valence electrons. The van der Waals surface area contributed by atoms with Gasteiger partial charge in [0.2, 0.25) is 11.9 Å². The van der Waals surface area contributed by atoms with Gasteiger partial charge >= 0.3 is 0 Å². The molecule has 1 saturated heterocycles. The van der Waals surface area contributed by atoms with Gasteiger partial charge in [-0.1, -0.05) is 19.8 Å². The predicted octanol–water partition coefficient (Wildman–Crippen LogP) is 1.64. The van der Waals surface area contributed by atoms with Crippen LogP contribution in [0.25, 0.3) is 0 Å². The zero-order valence-electron chi connectivity index (χ0n) is 13.0. The summed E-state index contributed by atoms with van der Waals surface area (Å²) in [6.07, 6.45) is 6.08. The molecule has 0 spiro atoms. The lowest BCUT2D eigenvalue weighted by Crippen LogP contribution is -2.32. The van der Waals surface area contributed by atoms with Crippen LogP contribution in [0, 0.1) is 0 Å². The van der Waals surface area contributed by atoms with Crippen LogP contribution in [0.2, 0.25) is 0 Å². The third kappa shape index (κ3) is 3.43. The van der Waals surface area contributed by atoms with E-state index >= 15 is 0 Å². The third-order valence-corrected chi connectivity index (χ3v) is 4.70. The van der Waals surface area contributed by atoms with Crippen molar-refractivity contribution in [1.82, 2.24) is 19.9 Å². The maximum Gasteiger partial charge on any atom is 0.230 e. The van der Waals surface area contributed by atoms with Crippen molar-refractivity contribution in [1.29, 1.82) is 0 Å². The Labute approximate surface area is 126 Å². The van der Waals surface area contributed by atoms with Crippen LogP contribution in [0.15, 0.2) is 0 Å². The minimum absolute atomic E-state index is 0.374. The molecule has 1 aliphatic heterocycles. The summed E-state index contributed by atoms with van der Waals surface area (Å²) in [6, 6.07) is 0. The molecule has 0 radical (unpaired) electrons. The molecule has 0 atom stereocenters. The van der Waals surface area contributed by atoms with Crippen molar-refractivity contribution in [3.8, 4) is 0 Å². The standard InChI is InChI=1S/C15H26N6/c1-2-20-8-5-9-21(11-10-20)15-18-13(17-14(16)19-15)12-6-3-4-7-12/h12H,2-11H2,1H3,(H2,16,17,18,19). The van der Waals surface area contributed by atoms with Crippen LogP contribution in [0.5, 0.6) is 0 Å². The Morgan fingerprint density at radius 3 is 2.57 bits per heavy atom. The van der Waals surface area contributed by atoms with E-state index in [1.54, 1.807) is 0 Å². The van der Waals surface area contributed by atoms with E-state index in [0.29, 0.717) is 11.9 Å². The van der Waals surface area contributed by atoms with E-state index in [4.69, 9.17) is 10.7 Å². The number of aromatic nitrogens is 3. The van der Waals surface area contributed by atoms with Gasteiger partial charge in [-0.2, -0.15) is 15.0 Å². The highest BCUT2D eigenvalue weighted by Crippen LogP contribution is 2.32. The number of nitrogens with two attached hydrogens (primary N) is 1. The van der Waals surface area contributed by atoms with Gasteiger partial charge in [-0.05, 0) is 32.4 Å². The molecule has 1 aromatic heterocycles. The van der Waals surface area contributed by atoms with Crippen LogP contribution in [0.1, 0.15) is 50.8 Å². The van der Waals surface area contributed by atoms with Gasteiger partial charge in [-0.15, -0.1) is 0 Å². The monoisotopic (exact) mass is 290 g/mol. The Morgan fingerprint density at radius 2 is 1.81 bits per heavy atom. The highest BCUT2D eigenvalue weighted by atomic mass is 15.3. The summed E-state index contributed by atoms with van der Waals surface area (Å²) in [4.78, 5) is 18.2. The van der Waals surface area contributed by atoms with Crippen LogP contribution in [-0.2, 0) is 0 Å².